The van der Waals surface area contributed by atoms with Crippen molar-refractivity contribution in [2.45, 2.75) is 0 Å². The second-order valence-corrected chi connectivity index (χ2v) is 1.57. The summed E-state index contributed by atoms with van der Waals surface area (Å²) in [4.78, 5) is 3.81. The van der Waals surface area contributed by atoms with E-state index in [2.05, 4.69) is 10.3 Å². The molecular weight excluding hydrogens is 116 g/mol. The predicted octanol–water partition coefficient (Wildman–Crippen LogP) is 0.443. The average molecular weight is 124 g/mol. The Morgan fingerprint density at radius 1 is 1.44 bits per heavy atom. The Morgan fingerprint density at radius 3 is 2.67 bits per heavy atom. The Kier molecular flexibility index (Phi) is 2.04. The van der Waals surface area contributed by atoms with Crippen molar-refractivity contribution >= 4 is 5.69 Å². The number of rotatable bonds is 2. The second kappa shape index (κ2) is 3.04. The van der Waals surface area contributed by atoms with Crippen LogP contribution in [0.3, 0.4) is 0 Å². The van der Waals surface area contributed by atoms with Crippen LogP contribution in [0, 0.1) is 0 Å². The molecule has 0 saturated carbocycles. The van der Waals surface area contributed by atoms with E-state index in [4.69, 9.17) is 5.11 Å². The summed E-state index contributed by atoms with van der Waals surface area (Å²) in [6, 6.07) is 3.58. The van der Waals surface area contributed by atoms with Gasteiger partial charge in [0.05, 0.1) is 0 Å². The lowest BCUT2D eigenvalue weighted by molar-refractivity contribution is 0.325. The second-order valence-electron chi connectivity index (χ2n) is 1.57. The van der Waals surface area contributed by atoms with Gasteiger partial charge in [-0.25, -0.2) is 0 Å². The Morgan fingerprint density at radius 2 is 2.11 bits per heavy atom. The summed E-state index contributed by atoms with van der Waals surface area (Å²) in [6.45, 7) is -0.0377. The first-order chi connectivity index (χ1) is 4.43. The Balaban J connectivity index is 2.61. The summed E-state index contributed by atoms with van der Waals surface area (Å²) in [5, 5.41) is 11.1. The van der Waals surface area contributed by atoms with E-state index in [1.807, 2.05) is 0 Å². The number of nitrogens with zero attached hydrogens (tertiary/aromatic N) is 1. The molecule has 0 saturated heterocycles. The van der Waals surface area contributed by atoms with Gasteiger partial charge in [0.25, 0.3) is 0 Å². The Bertz CT molecular complexity index is 164. The van der Waals surface area contributed by atoms with E-state index in [1.165, 1.54) is 0 Å². The topological polar surface area (TPSA) is 45.1 Å². The van der Waals surface area contributed by atoms with E-state index in [1.54, 1.807) is 24.5 Å². The van der Waals surface area contributed by atoms with E-state index >= 15 is 0 Å². The third kappa shape index (κ3) is 1.70. The fraction of sp³-hybridized carbons (Fsp3) is 0.167. The van der Waals surface area contributed by atoms with Crippen LogP contribution in [0.1, 0.15) is 0 Å². The summed E-state index contributed by atoms with van der Waals surface area (Å²) in [6.07, 6.45) is 3.33. The van der Waals surface area contributed by atoms with Crippen LogP contribution in [0.4, 0.5) is 5.69 Å². The molecule has 0 aromatic carbocycles. The monoisotopic (exact) mass is 124 g/mol. The van der Waals surface area contributed by atoms with Crippen molar-refractivity contribution in [3.8, 4) is 0 Å². The molecule has 1 heterocycles. The van der Waals surface area contributed by atoms with E-state index in [9.17, 15) is 0 Å². The van der Waals surface area contributed by atoms with Gasteiger partial charge < -0.3 is 10.4 Å². The number of hydrogen-bond donors (Lipinski definition) is 2. The van der Waals surface area contributed by atoms with Gasteiger partial charge >= 0.3 is 0 Å². The van der Waals surface area contributed by atoms with Crippen molar-refractivity contribution < 1.29 is 5.11 Å². The minimum absolute atomic E-state index is 0.0377. The van der Waals surface area contributed by atoms with E-state index < -0.39 is 0 Å². The van der Waals surface area contributed by atoms with Crippen LogP contribution >= 0.6 is 0 Å². The zero-order valence-corrected chi connectivity index (χ0v) is 4.91. The number of nitrogens with one attached hydrogen (secondary N) is 1. The van der Waals surface area contributed by atoms with Gasteiger partial charge in [0.15, 0.2) is 0 Å². The van der Waals surface area contributed by atoms with Gasteiger partial charge in [0, 0.05) is 18.1 Å². The maximum Gasteiger partial charge on any atom is 0.113 e. The molecule has 0 bridgehead atoms. The first kappa shape index (κ1) is 6.04. The summed E-state index contributed by atoms with van der Waals surface area (Å²) >= 11 is 0. The molecule has 0 fully saturated rings. The maximum atomic E-state index is 8.39. The van der Waals surface area contributed by atoms with Gasteiger partial charge in [-0.2, -0.15) is 0 Å². The smallest absolute Gasteiger partial charge is 0.113 e. The summed E-state index contributed by atoms with van der Waals surface area (Å²) in [5.74, 6) is 0. The van der Waals surface area contributed by atoms with E-state index in [0.717, 1.165) is 5.69 Å². The van der Waals surface area contributed by atoms with E-state index in [-0.39, 0.29) is 6.73 Å². The lowest BCUT2D eigenvalue weighted by atomic mass is 10.4. The normalized spacial score (nSPS) is 9.00. The van der Waals surface area contributed by atoms with Gasteiger partial charge in [0.1, 0.15) is 6.73 Å². The molecule has 1 aromatic rings. The van der Waals surface area contributed by atoms with Gasteiger partial charge in [-0.1, -0.05) is 0 Å². The predicted molar refractivity (Wildman–Crippen MR) is 34.9 cm³/mol. The highest BCUT2D eigenvalue weighted by Crippen LogP contribution is 2.00. The van der Waals surface area contributed by atoms with Crippen LogP contribution in [0.25, 0.3) is 0 Å². The van der Waals surface area contributed by atoms with Crippen LogP contribution < -0.4 is 5.32 Å². The zero-order chi connectivity index (χ0) is 6.53. The molecule has 1 aromatic heterocycles. The highest BCUT2D eigenvalue weighted by Gasteiger charge is 1.82. The lowest BCUT2D eigenvalue weighted by Gasteiger charge is -1.98. The molecule has 0 atom stereocenters. The zero-order valence-electron chi connectivity index (χ0n) is 4.91. The quantitative estimate of drug-likeness (QED) is 0.562. The lowest BCUT2D eigenvalue weighted by Crippen LogP contribution is -1.98. The average Bonchev–Trinajstić information content (AvgIpc) is 1.91. The SMILES string of the molecule is OCNc1ccncc1. The molecule has 0 amide bonds. The number of pyridine rings is 1. The molecular formula is C6H8N2O. The molecule has 0 unspecified atom stereocenters. The minimum Gasteiger partial charge on any atom is -0.377 e. The molecule has 0 spiro atoms. The molecule has 9 heavy (non-hydrogen) atoms. The number of aliphatic hydroxyl groups is 1. The first-order valence-corrected chi connectivity index (χ1v) is 2.68. The standard InChI is InChI=1S/C6H8N2O/c9-5-8-6-1-3-7-4-2-6/h1-4,9H,5H2,(H,7,8). The molecule has 3 heteroatoms. The summed E-state index contributed by atoms with van der Waals surface area (Å²) < 4.78 is 0. The molecule has 1 rings (SSSR count). The van der Waals surface area contributed by atoms with Crippen LogP contribution in [0.5, 0.6) is 0 Å². The van der Waals surface area contributed by atoms with Crippen molar-refractivity contribution in [3.63, 3.8) is 0 Å². The van der Waals surface area contributed by atoms with Gasteiger partial charge in [0.2, 0.25) is 0 Å². The number of anilines is 1. The highest BCUT2D eigenvalue weighted by atomic mass is 16.3. The Hall–Kier alpha value is -1.09. The summed E-state index contributed by atoms with van der Waals surface area (Å²) in [7, 11) is 0. The molecule has 3 nitrogen and oxygen atoms in total. The maximum absolute atomic E-state index is 8.39. The van der Waals surface area contributed by atoms with Crippen molar-refractivity contribution in [1.82, 2.24) is 4.98 Å². The van der Waals surface area contributed by atoms with Crippen LogP contribution in [0.15, 0.2) is 24.5 Å². The minimum atomic E-state index is -0.0377. The van der Waals surface area contributed by atoms with Crippen LogP contribution in [0.2, 0.25) is 0 Å². The van der Waals surface area contributed by atoms with Gasteiger partial charge in [-0.05, 0) is 12.1 Å². The van der Waals surface area contributed by atoms with Gasteiger partial charge in [-0.15, -0.1) is 0 Å². The highest BCUT2D eigenvalue weighted by molar-refractivity contribution is 5.39. The third-order valence-corrected chi connectivity index (χ3v) is 0.964. The van der Waals surface area contributed by atoms with Gasteiger partial charge in [-0.3, -0.25) is 4.98 Å². The van der Waals surface area contributed by atoms with Crippen molar-refractivity contribution in [2.24, 2.45) is 0 Å². The van der Waals surface area contributed by atoms with Crippen LogP contribution in [-0.4, -0.2) is 16.8 Å². The summed E-state index contributed by atoms with van der Waals surface area (Å²) in [5.41, 5.74) is 0.882. The third-order valence-electron chi connectivity index (χ3n) is 0.964. The van der Waals surface area contributed by atoms with Crippen molar-refractivity contribution in [3.05, 3.63) is 24.5 Å². The fourth-order valence-electron chi connectivity index (χ4n) is 0.561. The molecule has 0 aliphatic heterocycles. The Labute approximate surface area is 53.4 Å². The molecule has 48 valence electrons. The molecule has 0 radical (unpaired) electrons. The fourth-order valence-corrected chi connectivity index (χ4v) is 0.561. The number of hydrogen-bond acceptors (Lipinski definition) is 3. The largest absolute Gasteiger partial charge is 0.377 e. The van der Waals surface area contributed by atoms with Crippen molar-refractivity contribution in [2.75, 3.05) is 12.0 Å². The molecule has 2 N–H and O–H groups in total. The van der Waals surface area contributed by atoms with Crippen molar-refractivity contribution in [1.29, 1.82) is 0 Å². The van der Waals surface area contributed by atoms with E-state index in [0.29, 0.717) is 0 Å². The molecule has 0 aliphatic carbocycles. The molecule has 0 aliphatic rings. The van der Waals surface area contributed by atoms with Crippen LogP contribution in [-0.2, 0) is 0 Å². The number of aliphatic hydroxyl groups excluding tert-OH is 1. The number of aromatic nitrogens is 1. The first-order valence-electron chi connectivity index (χ1n) is 2.68.